The molecule has 1 saturated heterocycles. The highest BCUT2D eigenvalue weighted by Crippen LogP contribution is 2.33. The van der Waals surface area contributed by atoms with Crippen molar-refractivity contribution >= 4 is 38.0 Å². The molecule has 4 rings (SSSR count). The average Bonchev–Trinajstić information content (AvgIpc) is 3.36. The highest BCUT2D eigenvalue weighted by Gasteiger charge is 2.32. The molecule has 0 spiro atoms. The molecule has 0 radical (unpaired) electrons. The number of rotatable bonds is 9. The van der Waals surface area contributed by atoms with Gasteiger partial charge in [0.1, 0.15) is 5.82 Å². The number of Topliss-reactive ketones (excluding diaryl/α,β-unsaturated/α-hetero) is 1. The van der Waals surface area contributed by atoms with Crippen LogP contribution in [0.3, 0.4) is 0 Å². The highest BCUT2D eigenvalue weighted by atomic mass is 32.2. The first-order chi connectivity index (χ1) is 17.2. The van der Waals surface area contributed by atoms with Crippen LogP contribution in [0.5, 0.6) is 0 Å². The van der Waals surface area contributed by atoms with Crippen molar-refractivity contribution in [3.63, 3.8) is 0 Å². The van der Waals surface area contributed by atoms with Crippen LogP contribution < -0.4 is 10.2 Å². The molecule has 9 heteroatoms. The number of ketones is 1. The Morgan fingerprint density at radius 1 is 1.14 bits per heavy atom. The average molecular weight is 533 g/mol. The summed E-state index contributed by atoms with van der Waals surface area (Å²) in [5.41, 5.74) is 1.55. The van der Waals surface area contributed by atoms with Crippen molar-refractivity contribution in [3.8, 4) is 0 Å². The van der Waals surface area contributed by atoms with Crippen molar-refractivity contribution < 1.29 is 13.2 Å². The molecule has 2 unspecified atom stereocenters. The van der Waals surface area contributed by atoms with Crippen LogP contribution in [0.1, 0.15) is 83.0 Å². The summed E-state index contributed by atoms with van der Waals surface area (Å²) in [6.45, 7) is 9.76. The van der Waals surface area contributed by atoms with Gasteiger partial charge in [0.2, 0.25) is 5.13 Å². The first kappa shape index (κ1) is 27.0. The molecule has 1 aliphatic heterocycles. The van der Waals surface area contributed by atoms with Gasteiger partial charge >= 0.3 is 0 Å². The lowest BCUT2D eigenvalue weighted by atomic mass is 9.79. The second-order valence-electron chi connectivity index (χ2n) is 10.7. The third-order valence-electron chi connectivity index (χ3n) is 7.78. The van der Waals surface area contributed by atoms with Gasteiger partial charge < -0.3 is 10.2 Å². The molecule has 0 amide bonds. The summed E-state index contributed by atoms with van der Waals surface area (Å²) >= 11 is 1.51. The summed E-state index contributed by atoms with van der Waals surface area (Å²) in [5, 5.41) is 4.45. The minimum absolute atomic E-state index is 0.0869. The maximum absolute atomic E-state index is 13.3. The van der Waals surface area contributed by atoms with Gasteiger partial charge in [-0.25, -0.2) is 13.4 Å². The normalized spacial score (nSPS) is 21.8. The number of nitrogens with one attached hydrogen (secondary N) is 1. The van der Waals surface area contributed by atoms with E-state index in [9.17, 15) is 13.2 Å². The summed E-state index contributed by atoms with van der Waals surface area (Å²) in [6.07, 6.45) is 7.21. The predicted octanol–water partition coefficient (Wildman–Crippen LogP) is 5.61. The van der Waals surface area contributed by atoms with E-state index in [-0.39, 0.29) is 17.7 Å². The number of sulfone groups is 1. The van der Waals surface area contributed by atoms with Gasteiger partial charge in [-0.05, 0) is 75.1 Å². The lowest BCUT2D eigenvalue weighted by Crippen LogP contribution is -2.39. The van der Waals surface area contributed by atoms with E-state index in [0.29, 0.717) is 22.5 Å². The third kappa shape index (κ3) is 6.28. The summed E-state index contributed by atoms with van der Waals surface area (Å²) in [5.74, 6) is 2.48. The predicted molar refractivity (Wildman–Crippen MR) is 147 cm³/mol. The first-order valence-electron chi connectivity index (χ1n) is 13.4. The van der Waals surface area contributed by atoms with Crippen LogP contribution in [0.15, 0.2) is 23.1 Å². The molecular formula is C27H40N4O3S2. The Morgan fingerprint density at radius 2 is 1.89 bits per heavy atom. The number of carbonyl (C=O) groups excluding carboxylic acids is 1. The summed E-state index contributed by atoms with van der Waals surface area (Å²) < 4.78 is 29.0. The molecule has 198 valence electrons. The van der Waals surface area contributed by atoms with Gasteiger partial charge in [-0.1, -0.05) is 27.2 Å². The Morgan fingerprint density at radius 3 is 2.53 bits per heavy atom. The van der Waals surface area contributed by atoms with Crippen molar-refractivity contribution in [1.82, 2.24) is 9.36 Å². The Hall–Kier alpha value is -2.00. The quantitative estimate of drug-likeness (QED) is 0.449. The van der Waals surface area contributed by atoms with Crippen LogP contribution in [0.25, 0.3) is 0 Å². The van der Waals surface area contributed by atoms with Gasteiger partial charge in [-0.3, -0.25) is 4.79 Å². The van der Waals surface area contributed by atoms with Gasteiger partial charge in [0, 0.05) is 42.1 Å². The lowest BCUT2D eigenvalue weighted by molar-refractivity contribution is -0.125. The van der Waals surface area contributed by atoms with Crippen molar-refractivity contribution in [1.29, 1.82) is 0 Å². The molecule has 2 fully saturated rings. The number of anilines is 2. The largest absolute Gasteiger partial charge is 0.375 e. The smallest absolute Gasteiger partial charge is 0.205 e. The van der Waals surface area contributed by atoms with Crippen LogP contribution in [-0.2, 0) is 14.6 Å². The molecular weight excluding hydrogens is 492 g/mol. The molecule has 1 aromatic carbocycles. The molecule has 2 atom stereocenters. The summed E-state index contributed by atoms with van der Waals surface area (Å²) in [7, 11) is -3.24. The second-order valence-corrected chi connectivity index (χ2v) is 13.7. The molecule has 1 aliphatic carbocycles. The van der Waals surface area contributed by atoms with E-state index in [4.69, 9.17) is 4.98 Å². The van der Waals surface area contributed by atoms with Crippen molar-refractivity contribution in [3.05, 3.63) is 29.6 Å². The molecule has 7 nitrogen and oxygen atoms in total. The van der Waals surface area contributed by atoms with Crippen LogP contribution in [0.2, 0.25) is 0 Å². The number of aromatic nitrogens is 2. The zero-order valence-corrected chi connectivity index (χ0v) is 23.6. The minimum Gasteiger partial charge on any atom is -0.375 e. The van der Waals surface area contributed by atoms with Gasteiger partial charge in [-0.2, -0.15) is 4.37 Å². The van der Waals surface area contributed by atoms with E-state index >= 15 is 0 Å². The molecule has 0 bridgehead atoms. The number of carbonyl (C=O) groups is 1. The zero-order chi connectivity index (χ0) is 25.9. The van der Waals surface area contributed by atoms with Crippen molar-refractivity contribution in [2.24, 2.45) is 11.8 Å². The molecule has 1 saturated carbocycles. The van der Waals surface area contributed by atoms with E-state index in [1.807, 2.05) is 13.0 Å². The lowest BCUT2D eigenvalue weighted by Gasteiger charge is -2.33. The maximum Gasteiger partial charge on any atom is 0.205 e. The van der Waals surface area contributed by atoms with E-state index < -0.39 is 9.84 Å². The number of piperidine rings is 1. The number of hydrogen-bond acceptors (Lipinski definition) is 8. The maximum atomic E-state index is 13.3. The van der Waals surface area contributed by atoms with Gasteiger partial charge in [-0.15, -0.1) is 0 Å². The molecule has 36 heavy (non-hydrogen) atoms. The number of hydrogen-bond donors (Lipinski definition) is 1. The van der Waals surface area contributed by atoms with E-state index in [1.54, 1.807) is 19.1 Å². The minimum atomic E-state index is -3.24. The SMILES string of the molecule is CCS(=O)(=O)c1ccc(NC2CCCC(CCC3CCN(c4nc(C(C)C)ns4)CC3)C2=O)cc1C. The van der Waals surface area contributed by atoms with E-state index in [2.05, 4.69) is 28.4 Å². The summed E-state index contributed by atoms with van der Waals surface area (Å²) in [4.78, 5) is 20.7. The fourth-order valence-corrected chi connectivity index (χ4v) is 7.45. The number of nitrogens with zero attached hydrogens (tertiary/aromatic N) is 3. The molecule has 1 aromatic heterocycles. The monoisotopic (exact) mass is 532 g/mol. The number of aryl methyl sites for hydroxylation is 1. The van der Waals surface area contributed by atoms with Crippen LogP contribution in [0.4, 0.5) is 10.8 Å². The first-order valence-corrected chi connectivity index (χ1v) is 15.8. The van der Waals surface area contributed by atoms with Crippen LogP contribution in [0, 0.1) is 18.8 Å². The molecule has 2 heterocycles. The van der Waals surface area contributed by atoms with Gasteiger partial charge in [0.25, 0.3) is 0 Å². The Balaban J connectivity index is 1.27. The second kappa shape index (κ2) is 11.6. The Bertz CT molecular complexity index is 1150. The fraction of sp³-hybridized carbons (Fsp3) is 0.667. The van der Waals surface area contributed by atoms with Crippen LogP contribution >= 0.6 is 11.5 Å². The third-order valence-corrected chi connectivity index (χ3v) is 10.5. The van der Waals surface area contributed by atoms with Crippen molar-refractivity contribution in [2.75, 3.05) is 29.1 Å². The van der Waals surface area contributed by atoms with E-state index in [0.717, 1.165) is 80.2 Å². The number of benzene rings is 1. The molecule has 2 aliphatic rings. The summed E-state index contributed by atoms with van der Waals surface area (Å²) in [6, 6.07) is 5.13. The van der Waals surface area contributed by atoms with Crippen LogP contribution in [-0.4, -0.2) is 48.4 Å². The Labute approximate surface area is 220 Å². The molecule has 2 aromatic rings. The van der Waals surface area contributed by atoms with Gasteiger partial charge in [0.15, 0.2) is 15.6 Å². The standard InChI is InChI=1S/C27H40N4O3S2/c1-5-36(33,34)24-12-11-22(17-19(24)4)28-23-8-6-7-21(25(23)32)10-9-20-13-15-31(16-14-20)27-29-26(18(2)3)30-35-27/h11-12,17-18,20-21,23,28H,5-10,13-16H2,1-4H3. The molecule has 1 N–H and O–H groups in total. The van der Waals surface area contributed by atoms with Crippen molar-refractivity contribution in [2.45, 2.75) is 89.5 Å². The van der Waals surface area contributed by atoms with Gasteiger partial charge in [0.05, 0.1) is 16.7 Å². The Kier molecular flexibility index (Phi) is 8.71. The highest BCUT2D eigenvalue weighted by molar-refractivity contribution is 7.91. The topological polar surface area (TPSA) is 92.3 Å². The zero-order valence-electron chi connectivity index (χ0n) is 22.0. The van der Waals surface area contributed by atoms with E-state index in [1.165, 1.54) is 11.5 Å². The fourth-order valence-electron chi connectivity index (χ4n) is 5.45.